The number of benzene rings is 1. The second kappa shape index (κ2) is 7.92. The molecule has 5 nitrogen and oxygen atoms in total. The standard InChI is InChI=1S/C16H17FN2O3S/c1-2-3-14(20)18-8-9-19-15(21)13(23-16(19)22)10-11-4-6-12(17)7-5-11/h4-7,10H,2-3,8-9H2,1H3,(H,18,20)/b13-10-. The lowest BCUT2D eigenvalue weighted by atomic mass is 10.2. The number of thioether (sulfide) groups is 1. The van der Waals surface area contributed by atoms with Crippen LogP contribution in [0.25, 0.3) is 6.08 Å². The summed E-state index contributed by atoms with van der Waals surface area (Å²) < 4.78 is 12.9. The molecule has 0 aromatic heterocycles. The first kappa shape index (κ1) is 17.2. The summed E-state index contributed by atoms with van der Waals surface area (Å²) in [7, 11) is 0. The van der Waals surface area contributed by atoms with Gasteiger partial charge in [-0.2, -0.15) is 0 Å². The molecule has 0 spiro atoms. The number of rotatable bonds is 6. The third kappa shape index (κ3) is 4.66. The Kier molecular flexibility index (Phi) is 5.92. The van der Waals surface area contributed by atoms with Crippen molar-refractivity contribution in [1.29, 1.82) is 0 Å². The molecule has 2 rings (SSSR count). The molecular formula is C16H17FN2O3S. The SMILES string of the molecule is CCCC(=O)NCCN1C(=O)S/C(=C\c2ccc(F)cc2)C1=O. The maximum atomic E-state index is 12.9. The van der Waals surface area contributed by atoms with E-state index in [0.29, 0.717) is 16.9 Å². The molecule has 0 aliphatic carbocycles. The summed E-state index contributed by atoms with van der Waals surface area (Å²) in [6.07, 6.45) is 2.72. The van der Waals surface area contributed by atoms with Crippen LogP contribution in [0.15, 0.2) is 29.2 Å². The van der Waals surface area contributed by atoms with Crippen molar-refractivity contribution in [3.8, 4) is 0 Å². The van der Waals surface area contributed by atoms with Gasteiger partial charge in [0.15, 0.2) is 0 Å². The van der Waals surface area contributed by atoms with Crippen LogP contribution in [0.5, 0.6) is 0 Å². The molecular weight excluding hydrogens is 319 g/mol. The lowest BCUT2D eigenvalue weighted by Gasteiger charge is -2.12. The van der Waals surface area contributed by atoms with Crippen LogP contribution in [-0.2, 0) is 9.59 Å². The second-order valence-corrected chi connectivity index (χ2v) is 5.98. The normalized spacial score (nSPS) is 16.3. The van der Waals surface area contributed by atoms with E-state index in [-0.39, 0.29) is 30.1 Å². The van der Waals surface area contributed by atoms with Gasteiger partial charge in [0.1, 0.15) is 5.82 Å². The highest BCUT2D eigenvalue weighted by Crippen LogP contribution is 2.31. The first-order valence-corrected chi connectivity index (χ1v) is 8.10. The van der Waals surface area contributed by atoms with Crippen molar-refractivity contribution >= 4 is 34.9 Å². The van der Waals surface area contributed by atoms with Crippen molar-refractivity contribution in [1.82, 2.24) is 10.2 Å². The predicted molar refractivity (Wildman–Crippen MR) is 87.0 cm³/mol. The third-order valence-corrected chi connectivity index (χ3v) is 4.08. The van der Waals surface area contributed by atoms with E-state index in [1.807, 2.05) is 6.92 Å². The molecule has 1 heterocycles. The highest BCUT2D eigenvalue weighted by atomic mass is 32.2. The Morgan fingerprint density at radius 3 is 2.65 bits per heavy atom. The molecule has 0 unspecified atom stereocenters. The number of carbonyl (C=O) groups is 3. The topological polar surface area (TPSA) is 66.5 Å². The Labute approximate surface area is 137 Å². The Hall–Kier alpha value is -2.15. The molecule has 1 aliphatic heterocycles. The minimum Gasteiger partial charge on any atom is -0.354 e. The zero-order valence-corrected chi connectivity index (χ0v) is 13.5. The molecule has 1 N–H and O–H groups in total. The van der Waals surface area contributed by atoms with Gasteiger partial charge in [0.2, 0.25) is 5.91 Å². The molecule has 1 saturated heterocycles. The van der Waals surface area contributed by atoms with E-state index in [1.54, 1.807) is 6.08 Å². The van der Waals surface area contributed by atoms with Gasteiger partial charge >= 0.3 is 0 Å². The van der Waals surface area contributed by atoms with E-state index >= 15 is 0 Å². The largest absolute Gasteiger partial charge is 0.354 e. The van der Waals surface area contributed by atoms with Gasteiger partial charge in [-0.05, 0) is 42.0 Å². The number of nitrogens with one attached hydrogen (secondary N) is 1. The number of hydrogen-bond donors (Lipinski definition) is 1. The van der Waals surface area contributed by atoms with E-state index in [1.165, 1.54) is 24.3 Å². The number of amides is 3. The average Bonchev–Trinajstić information content (AvgIpc) is 2.77. The molecule has 1 aromatic carbocycles. The molecule has 0 bridgehead atoms. The van der Waals surface area contributed by atoms with E-state index in [4.69, 9.17) is 0 Å². The highest BCUT2D eigenvalue weighted by Gasteiger charge is 2.34. The van der Waals surface area contributed by atoms with Gasteiger partial charge in [0.25, 0.3) is 11.1 Å². The van der Waals surface area contributed by atoms with Crippen LogP contribution in [-0.4, -0.2) is 35.0 Å². The maximum Gasteiger partial charge on any atom is 0.293 e. The maximum absolute atomic E-state index is 12.9. The van der Waals surface area contributed by atoms with Crippen molar-refractivity contribution in [2.45, 2.75) is 19.8 Å². The number of carbonyl (C=O) groups excluding carboxylic acids is 3. The lowest BCUT2D eigenvalue weighted by molar-refractivity contribution is -0.124. The lowest BCUT2D eigenvalue weighted by Crippen LogP contribution is -2.37. The van der Waals surface area contributed by atoms with Crippen LogP contribution in [0.2, 0.25) is 0 Å². The fraction of sp³-hybridized carbons (Fsp3) is 0.312. The molecule has 3 amide bonds. The first-order chi connectivity index (χ1) is 11.0. The molecule has 23 heavy (non-hydrogen) atoms. The first-order valence-electron chi connectivity index (χ1n) is 7.29. The Morgan fingerprint density at radius 2 is 2.00 bits per heavy atom. The van der Waals surface area contributed by atoms with Crippen LogP contribution in [0.4, 0.5) is 9.18 Å². The van der Waals surface area contributed by atoms with E-state index < -0.39 is 5.91 Å². The van der Waals surface area contributed by atoms with Crippen LogP contribution in [0.3, 0.4) is 0 Å². The van der Waals surface area contributed by atoms with Gasteiger partial charge in [-0.15, -0.1) is 0 Å². The zero-order chi connectivity index (χ0) is 16.8. The van der Waals surface area contributed by atoms with Gasteiger partial charge < -0.3 is 5.32 Å². The van der Waals surface area contributed by atoms with Crippen LogP contribution >= 0.6 is 11.8 Å². The van der Waals surface area contributed by atoms with Gasteiger partial charge in [-0.25, -0.2) is 4.39 Å². The Balaban J connectivity index is 1.96. The summed E-state index contributed by atoms with van der Waals surface area (Å²) in [6.45, 7) is 2.28. The fourth-order valence-electron chi connectivity index (χ4n) is 2.03. The van der Waals surface area contributed by atoms with E-state index in [0.717, 1.165) is 23.1 Å². The molecule has 0 atom stereocenters. The smallest absolute Gasteiger partial charge is 0.293 e. The summed E-state index contributed by atoms with van der Waals surface area (Å²) in [4.78, 5) is 36.9. The predicted octanol–water partition coefficient (Wildman–Crippen LogP) is 2.78. The number of halogens is 1. The number of hydrogen-bond acceptors (Lipinski definition) is 4. The molecule has 1 aromatic rings. The second-order valence-electron chi connectivity index (χ2n) is 4.98. The van der Waals surface area contributed by atoms with Crippen molar-refractivity contribution < 1.29 is 18.8 Å². The minimum absolute atomic E-state index is 0.0960. The van der Waals surface area contributed by atoms with Crippen molar-refractivity contribution in [3.63, 3.8) is 0 Å². The van der Waals surface area contributed by atoms with Gasteiger partial charge in [-0.3, -0.25) is 19.3 Å². The van der Waals surface area contributed by atoms with Gasteiger partial charge in [0.05, 0.1) is 4.91 Å². The molecule has 122 valence electrons. The van der Waals surface area contributed by atoms with Gasteiger partial charge in [-0.1, -0.05) is 19.1 Å². The molecule has 7 heteroatoms. The van der Waals surface area contributed by atoms with Crippen molar-refractivity contribution in [3.05, 3.63) is 40.6 Å². The molecule has 1 fully saturated rings. The summed E-state index contributed by atoms with van der Waals surface area (Å²) >= 11 is 0.842. The molecule has 0 saturated carbocycles. The summed E-state index contributed by atoms with van der Waals surface area (Å²) in [6, 6.07) is 5.65. The van der Waals surface area contributed by atoms with E-state index in [9.17, 15) is 18.8 Å². The van der Waals surface area contributed by atoms with Crippen molar-refractivity contribution in [2.75, 3.05) is 13.1 Å². The third-order valence-electron chi connectivity index (χ3n) is 3.18. The highest BCUT2D eigenvalue weighted by molar-refractivity contribution is 8.18. The van der Waals surface area contributed by atoms with Crippen molar-refractivity contribution in [2.24, 2.45) is 0 Å². The summed E-state index contributed by atoms with van der Waals surface area (Å²) in [5.41, 5.74) is 0.646. The van der Waals surface area contributed by atoms with E-state index in [2.05, 4.69) is 5.32 Å². The van der Waals surface area contributed by atoms with Crippen LogP contribution in [0.1, 0.15) is 25.3 Å². The zero-order valence-electron chi connectivity index (χ0n) is 12.7. The summed E-state index contributed by atoms with van der Waals surface area (Å²) in [5, 5.41) is 2.30. The summed E-state index contributed by atoms with van der Waals surface area (Å²) in [5.74, 6) is -0.853. The van der Waals surface area contributed by atoms with Crippen LogP contribution < -0.4 is 5.32 Å². The Bertz CT molecular complexity index is 643. The van der Waals surface area contributed by atoms with Gasteiger partial charge in [0, 0.05) is 19.5 Å². The monoisotopic (exact) mass is 336 g/mol. The minimum atomic E-state index is -0.394. The Morgan fingerprint density at radius 1 is 1.30 bits per heavy atom. The molecule has 0 radical (unpaired) electrons. The quantitative estimate of drug-likeness (QED) is 0.811. The fourth-order valence-corrected chi connectivity index (χ4v) is 2.89. The molecule has 1 aliphatic rings. The average molecular weight is 336 g/mol. The number of imide groups is 1. The number of nitrogens with zero attached hydrogens (tertiary/aromatic N) is 1. The van der Waals surface area contributed by atoms with Crippen LogP contribution in [0, 0.1) is 5.82 Å².